The number of carbonyl (C=O) groups is 1. The van der Waals surface area contributed by atoms with E-state index in [4.69, 9.17) is 11.6 Å². The molecule has 2 heterocycles. The Bertz CT molecular complexity index is 1050. The third-order valence-corrected chi connectivity index (χ3v) is 5.37. The van der Waals surface area contributed by atoms with Gasteiger partial charge in [0, 0.05) is 17.5 Å². The highest BCUT2D eigenvalue weighted by atomic mass is 35.5. The molecule has 7 nitrogen and oxygen atoms in total. The lowest BCUT2D eigenvalue weighted by Crippen LogP contribution is -2.33. The minimum atomic E-state index is -0.152. The summed E-state index contributed by atoms with van der Waals surface area (Å²) in [5.41, 5.74) is 1.30. The Morgan fingerprint density at radius 1 is 1.23 bits per heavy atom. The summed E-state index contributed by atoms with van der Waals surface area (Å²) in [6.45, 7) is 5.49. The zero-order chi connectivity index (χ0) is 21.5. The van der Waals surface area contributed by atoms with Gasteiger partial charge in [0.25, 0.3) is 5.56 Å². The van der Waals surface area contributed by atoms with E-state index in [1.165, 1.54) is 12.5 Å². The van der Waals surface area contributed by atoms with Gasteiger partial charge in [0.15, 0.2) is 5.65 Å². The average Bonchev–Trinajstić information content (AvgIpc) is 3.14. The highest BCUT2D eigenvalue weighted by molar-refractivity contribution is 6.30. The van der Waals surface area contributed by atoms with E-state index in [-0.39, 0.29) is 17.4 Å². The van der Waals surface area contributed by atoms with Gasteiger partial charge in [0.1, 0.15) is 11.7 Å². The van der Waals surface area contributed by atoms with Crippen LogP contribution in [0.3, 0.4) is 0 Å². The van der Waals surface area contributed by atoms with Crippen LogP contribution in [0.15, 0.2) is 41.6 Å². The largest absolute Gasteiger partial charge is 0.354 e. The summed E-state index contributed by atoms with van der Waals surface area (Å²) in [5.74, 6) is 0.151. The van der Waals surface area contributed by atoms with E-state index in [0.717, 1.165) is 31.2 Å². The maximum absolute atomic E-state index is 12.8. The number of benzene rings is 1. The Kier molecular flexibility index (Phi) is 7.63. The summed E-state index contributed by atoms with van der Waals surface area (Å²) in [7, 11) is 0. The Morgan fingerprint density at radius 3 is 2.70 bits per heavy atom. The molecule has 0 saturated carbocycles. The monoisotopic (exact) mass is 429 g/mol. The second kappa shape index (κ2) is 10.4. The number of hydrogen-bond donors (Lipinski definition) is 1. The molecule has 0 saturated heterocycles. The molecule has 0 unspecified atom stereocenters. The molecule has 2 aromatic heterocycles. The number of nitrogens with one attached hydrogen (secondary N) is 1. The molecule has 8 heteroatoms. The lowest BCUT2D eigenvalue weighted by molar-refractivity contribution is -0.125. The molecule has 3 aromatic rings. The number of carbonyl (C=O) groups excluding carboxylic acids is 1. The molecule has 0 fully saturated rings. The lowest BCUT2D eigenvalue weighted by atomic mass is 9.97. The molecule has 0 bridgehead atoms. The number of hydrogen-bond acceptors (Lipinski definition) is 4. The summed E-state index contributed by atoms with van der Waals surface area (Å²) in [4.78, 5) is 29.6. The Balaban J connectivity index is 1.67. The Hall–Kier alpha value is -2.67. The van der Waals surface area contributed by atoms with Crippen LogP contribution < -0.4 is 10.9 Å². The maximum Gasteiger partial charge on any atom is 0.264 e. The first-order valence-corrected chi connectivity index (χ1v) is 10.8. The molecule has 30 heavy (non-hydrogen) atoms. The first kappa shape index (κ1) is 22.0. The molecule has 0 aliphatic heterocycles. The molecular formula is C22H28ClN5O2. The van der Waals surface area contributed by atoms with E-state index in [1.54, 1.807) is 15.3 Å². The van der Waals surface area contributed by atoms with Crippen molar-refractivity contribution in [1.82, 2.24) is 24.6 Å². The van der Waals surface area contributed by atoms with Crippen molar-refractivity contribution in [2.24, 2.45) is 5.92 Å². The number of aromatic nitrogens is 4. The summed E-state index contributed by atoms with van der Waals surface area (Å²) >= 11 is 6.03. The van der Waals surface area contributed by atoms with Gasteiger partial charge < -0.3 is 5.32 Å². The van der Waals surface area contributed by atoms with Crippen LogP contribution in [-0.2, 0) is 17.9 Å². The van der Waals surface area contributed by atoms with Gasteiger partial charge >= 0.3 is 0 Å². The summed E-state index contributed by atoms with van der Waals surface area (Å²) in [6.07, 6.45) is 6.86. The normalized spacial score (nSPS) is 11.3. The van der Waals surface area contributed by atoms with Crippen LogP contribution in [-0.4, -0.2) is 31.8 Å². The zero-order valence-corrected chi connectivity index (χ0v) is 18.2. The van der Waals surface area contributed by atoms with Crippen molar-refractivity contribution < 1.29 is 4.79 Å². The number of nitrogens with zero attached hydrogens (tertiary/aromatic N) is 4. The molecular weight excluding hydrogens is 402 g/mol. The third kappa shape index (κ3) is 5.27. The minimum Gasteiger partial charge on any atom is -0.354 e. The number of amides is 1. The molecule has 160 valence electrons. The Labute approximate surface area is 181 Å². The Morgan fingerprint density at radius 2 is 2.00 bits per heavy atom. The van der Waals surface area contributed by atoms with E-state index in [9.17, 15) is 9.59 Å². The number of rotatable bonds is 10. The van der Waals surface area contributed by atoms with E-state index < -0.39 is 0 Å². The van der Waals surface area contributed by atoms with Gasteiger partial charge in [-0.05, 0) is 30.5 Å². The van der Waals surface area contributed by atoms with Crippen molar-refractivity contribution in [2.75, 3.05) is 6.54 Å². The quantitative estimate of drug-likeness (QED) is 0.533. The van der Waals surface area contributed by atoms with Crippen molar-refractivity contribution in [3.8, 4) is 0 Å². The second-order valence-corrected chi connectivity index (χ2v) is 7.91. The van der Waals surface area contributed by atoms with E-state index in [1.807, 2.05) is 18.2 Å². The molecule has 1 N–H and O–H groups in total. The van der Waals surface area contributed by atoms with Crippen LogP contribution in [0.5, 0.6) is 0 Å². The molecule has 1 amide bonds. The highest BCUT2D eigenvalue weighted by Crippen LogP contribution is 2.14. The number of fused-ring (bicyclic) bond motifs is 1. The van der Waals surface area contributed by atoms with Crippen LogP contribution in [0.4, 0.5) is 0 Å². The maximum atomic E-state index is 12.8. The van der Waals surface area contributed by atoms with Crippen molar-refractivity contribution in [3.05, 3.63) is 57.7 Å². The van der Waals surface area contributed by atoms with Gasteiger partial charge in [-0.1, -0.05) is 50.4 Å². The summed E-state index contributed by atoms with van der Waals surface area (Å²) in [5, 5.41) is 8.39. The fourth-order valence-electron chi connectivity index (χ4n) is 3.64. The first-order valence-electron chi connectivity index (χ1n) is 10.5. The SMILES string of the molecule is CCCC(CCC)C(=O)NCCn1ncc2c(=O)n(Cc3cccc(Cl)c3)cnc21. The molecule has 0 aliphatic carbocycles. The standard InChI is InChI=1S/C22H28ClN5O2/c1-3-6-17(7-4-2)21(29)24-10-11-28-20-19(13-26-28)22(30)27(15-25-20)14-16-8-5-9-18(23)12-16/h5,8-9,12-13,15,17H,3-4,6-7,10-11,14H2,1-2H3,(H,24,29). The zero-order valence-electron chi connectivity index (χ0n) is 17.5. The van der Waals surface area contributed by atoms with Crippen LogP contribution >= 0.6 is 11.6 Å². The molecule has 0 spiro atoms. The van der Waals surface area contributed by atoms with Crippen LogP contribution in [0.1, 0.15) is 45.1 Å². The fraction of sp³-hybridized carbons (Fsp3) is 0.455. The second-order valence-electron chi connectivity index (χ2n) is 7.48. The predicted octanol–water partition coefficient (Wildman–Crippen LogP) is 3.63. The predicted molar refractivity (Wildman–Crippen MR) is 119 cm³/mol. The topological polar surface area (TPSA) is 81.8 Å². The van der Waals surface area contributed by atoms with Crippen LogP contribution in [0, 0.1) is 5.92 Å². The van der Waals surface area contributed by atoms with E-state index in [2.05, 4.69) is 29.2 Å². The highest BCUT2D eigenvalue weighted by Gasteiger charge is 2.16. The smallest absolute Gasteiger partial charge is 0.264 e. The van der Waals surface area contributed by atoms with Crippen molar-refractivity contribution >= 4 is 28.5 Å². The van der Waals surface area contributed by atoms with E-state index in [0.29, 0.717) is 35.7 Å². The fourth-order valence-corrected chi connectivity index (χ4v) is 3.85. The van der Waals surface area contributed by atoms with Crippen molar-refractivity contribution in [2.45, 2.75) is 52.6 Å². The molecule has 0 radical (unpaired) electrons. The third-order valence-electron chi connectivity index (χ3n) is 5.13. The van der Waals surface area contributed by atoms with Gasteiger partial charge in [-0.15, -0.1) is 0 Å². The lowest BCUT2D eigenvalue weighted by Gasteiger charge is -2.15. The molecule has 3 rings (SSSR count). The van der Waals surface area contributed by atoms with Crippen LogP contribution in [0.2, 0.25) is 5.02 Å². The van der Waals surface area contributed by atoms with Gasteiger partial charge in [-0.3, -0.25) is 14.2 Å². The molecule has 1 aromatic carbocycles. The van der Waals surface area contributed by atoms with Gasteiger partial charge in [0.2, 0.25) is 5.91 Å². The van der Waals surface area contributed by atoms with Crippen molar-refractivity contribution in [3.63, 3.8) is 0 Å². The van der Waals surface area contributed by atoms with Gasteiger partial charge in [0.05, 0.1) is 19.3 Å². The molecule has 0 aliphatic rings. The minimum absolute atomic E-state index is 0.0613. The van der Waals surface area contributed by atoms with Crippen molar-refractivity contribution in [1.29, 1.82) is 0 Å². The average molecular weight is 430 g/mol. The molecule has 0 atom stereocenters. The van der Waals surface area contributed by atoms with Crippen LogP contribution in [0.25, 0.3) is 11.0 Å². The summed E-state index contributed by atoms with van der Waals surface area (Å²) in [6, 6.07) is 7.39. The first-order chi connectivity index (χ1) is 14.5. The number of halogens is 1. The van der Waals surface area contributed by atoms with Gasteiger partial charge in [-0.2, -0.15) is 5.10 Å². The van der Waals surface area contributed by atoms with E-state index >= 15 is 0 Å². The van der Waals surface area contributed by atoms with Gasteiger partial charge in [-0.25, -0.2) is 9.67 Å². The summed E-state index contributed by atoms with van der Waals surface area (Å²) < 4.78 is 3.21.